The molecule has 0 radical (unpaired) electrons. The van der Waals surface area contributed by atoms with E-state index in [0.717, 1.165) is 0 Å². The van der Waals surface area contributed by atoms with Gasteiger partial charge in [-0.1, -0.05) is 11.6 Å². The number of hydrogen-bond acceptors (Lipinski definition) is 4. The van der Waals surface area contributed by atoms with Crippen LogP contribution in [0.15, 0.2) is 12.1 Å². The molecule has 0 bridgehead atoms. The van der Waals surface area contributed by atoms with Crippen LogP contribution in [0.3, 0.4) is 0 Å². The number of carbonyl (C=O) groups excluding carboxylic acids is 1. The molecule has 1 rings (SSSR count). The number of hydrogen-bond donors (Lipinski definition) is 2. The Morgan fingerprint density at radius 3 is 2.35 bits per heavy atom. The summed E-state index contributed by atoms with van der Waals surface area (Å²) in [4.78, 5) is 23.0. The Morgan fingerprint density at radius 1 is 1.30 bits per heavy atom. The van der Waals surface area contributed by atoms with Crippen molar-refractivity contribution >= 4 is 29.4 Å². The van der Waals surface area contributed by atoms with Crippen molar-refractivity contribution in [2.75, 3.05) is 12.4 Å². The number of halogens is 1. The van der Waals surface area contributed by atoms with Crippen molar-refractivity contribution in [3.05, 3.63) is 22.7 Å². The first kappa shape index (κ1) is 16.1. The highest BCUT2D eigenvalue weighted by atomic mass is 35.5. The lowest BCUT2D eigenvalue weighted by molar-refractivity contribution is 0.0635. The minimum Gasteiger partial charge on any atom is -0.495 e. The van der Waals surface area contributed by atoms with Gasteiger partial charge in [-0.3, -0.25) is 5.32 Å². The van der Waals surface area contributed by atoms with Crippen LogP contribution in [0, 0.1) is 0 Å². The van der Waals surface area contributed by atoms with Gasteiger partial charge in [-0.05, 0) is 32.9 Å². The summed E-state index contributed by atoms with van der Waals surface area (Å²) in [6.45, 7) is 5.08. The quantitative estimate of drug-likeness (QED) is 0.894. The molecule has 2 N–H and O–H groups in total. The molecule has 1 aromatic rings. The molecular formula is C13H16ClNO5. The highest BCUT2D eigenvalue weighted by Crippen LogP contribution is 2.34. The predicted octanol–water partition coefficient (Wildman–Crippen LogP) is 3.39. The summed E-state index contributed by atoms with van der Waals surface area (Å²) in [5.74, 6) is -1.10. The van der Waals surface area contributed by atoms with Crippen LogP contribution in [0.2, 0.25) is 5.02 Å². The monoisotopic (exact) mass is 301 g/mol. The average molecular weight is 302 g/mol. The molecule has 1 aromatic carbocycles. The molecule has 0 heterocycles. The third-order valence-corrected chi connectivity index (χ3v) is 2.49. The van der Waals surface area contributed by atoms with Gasteiger partial charge in [0.05, 0.1) is 12.1 Å². The molecule has 0 saturated heterocycles. The molecule has 0 atom stereocenters. The highest BCUT2D eigenvalue weighted by Gasteiger charge is 2.23. The van der Waals surface area contributed by atoms with E-state index in [-0.39, 0.29) is 22.0 Å². The van der Waals surface area contributed by atoms with Gasteiger partial charge in [0, 0.05) is 0 Å². The number of rotatable bonds is 3. The standard InChI is InChI=1S/C13H16ClNO5/c1-13(2,3)20-12(18)15-10-8(19-4)6-5-7(14)9(10)11(16)17/h5-6H,1-4H3,(H,15,18)(H,16,17). The highest BCUT2D eigenvalue weighted by molar-refractivity contribution is 6.34. The number of nitrogens with one attached hydrogen (secondary N) is 1. The van der Waals surface area contributed by atoms with Gasteiger partial charge in [0.2, 0.25) is 0 Å². The number of amides is 1. The summed E-state index contributed by atoms with van der Waals surface area (Å²) in [5, 5.41) is 11.5. The second-order valence-electron chi connectivity index (χ2n) is 4.93. The van der Waals surface area contributed by atoms with Gasteiger partial charge in [0.1, 0.15) is 22.6 Å². The minimum absolute atomic E-state index is 0.00985. The van der Waals surface area contributed by atoms with Gasteiger partial charge in [0.25, 0.3) is 0 Å². The third-order valence-electron chi connectivity index (χ3n) is 2.18. The van der Waals surface area contributed by atoms with Gasteiger partial charge in [-0.2, -0.15) is 0 Å². The maximum Gasteiger partial charge on any atom is 0.412 e. The van der Waals surface area contributed by atoms with Crippen LogP contribution >= 0.6 is 11.6 Å². The fourth-order valence-electron chi connectivity index (χ4n) is 1.47. The molecule has 0 saturated carbocycles. The maximum atomic E-state index is 11.8. The van der Waals surface area contributed by atoms with E-state index in [0.29, 0.717) is 0 Å². The van der Waals surface area contributed by atoms with Crippen molar-refractivity contribution in [2.45, 2.75) is 26.4 Å². The number of carbonyl (C=O) groups is 2. The van der Waals surface area contributed by atoms with Crippen molar-refractivity contribution in [3.8, 4) is 5.75 Å². The van der Waals surface area contributed by atoms with Crippen molar-refractivity contribution in [2.24, 2.45) is 0 Å². The largest absolute Gasteiger partial charge is 0.495 e. The predicted molar refractivity (Wildman–Crippen MR) is 74.8 cm³/mol. The molecule has 7 heteroatoms. The number of carboxylic acids is 1. The Labute approximate surface area is 121 Å². The van der Waals surface area contributed by atoms with E-state index in [1.807, 2.05) is 0 Å². The smallest absolute Gasteiger partial charge is 0.412 e. The molecule has 1 amide bonds. The Balaban J connectivity index is 3.18. The van der Waals surface area contributed by atoms with E-state index in [1.54, 1.807) is 20.8 Å². The van der Waals surface area contributed by atoms with Crippen LogP contribution in [-0.2, 0) is 4.74 Å². The SMILES string of the molecule is COc1ccc(Cl)c(C(=O)O)c1NC(=O)OC(C)(C)C. The zero-order valence-corrected chi connectivity index (χ0v) is 12.4. The van der Waals surface area contributed by atoms with Crippen molar-refractivity contribution in [1.29, 1.82) is 0 Å². The van der Waals surface area contributed by atoms with Gasteiger partial charge >= 0.3 is 12.1 Å². The van der Waals surface area contributed by atoms with E-state index in [1.165, 1.54) is 19.2 Å². The Kier molecular flexibility index (Phi) is 4.83. The summed E-state index contributed by atoms with van der Waals surface area (Å²) in [5.41, 5.74) is -1.00. The zero-order chi connectivity index (χ0) is 15.5. The zero-order valence-electron chi connectivity index (χ0n) is 11.6. The van der Waals surface area contributed by atoms with Gasteiger partial charge in [0.15, 0.2) is 0 Å². The topological polar surface area (TPSA) is 84.9 Å². The summed E-state index contributed by atoms with van der Waals surface area (Å²) in [7, 11) is 1.36. The fourth-order valence-corrected chi connectivity index (χ4v) is 1.71. The van der Waals surface area contributed by atoms with Crippen LogP contribution in [0.25, 0.3) is 0 Å². The second kappa shape index (κ2) is 6.00. The average Bonchev–Trinajstić information content (AvgIpc) is 2.26. The van der Waals surface area contributed by atoms with E-state index in [2.05, 4.69) is 5.32 Å². The lowest BCUT2D eigenvalue weighted by Crippen LogP contribution is -2.28. The Hall–Kier alpha value is -1.95. The summed E-state index contributed by atoms with van der Waals surface area (Å²) < 4.78 is 10.1. The Morgan fingerprint density at radius 2 is 1.90 bits per heavy atom. The Bertz CT molecular complexity index is 536. The van der Waals surface area contributed by atoms with Gasteiger partial charge in [-0.15, -0.1) is 0 Å². The van der Waals surface area contributed by atoms with Gasteiger partial charge in [-0.25, -0.2) is 9.59 Å². The van der Waals surface area contributed by atoms with Crippen LogP contribution in [-0.4, -0.2) is 29.9 Å². The number of methoxy groups -OCH3 is 1. The van der Waals surface area contributed by atoms with E-state index < -0.39 is 17.7 Å². The maximum absolute atomic E-state index is 11.8. The minimum atomic E-state index is -1.28. The molecule has 0 aliphatic carbocycles. The van der Waals surface area contributed by atoms with Crippen molar-refractivity contribution < 1.29 is 24.2 Å². The second-order valence-corrected chi connectivity index (χ2v) is 5.34. The van der Waals surface area contributed by atoms with E-state index in [9.17, 15) is 14.7 Å². The molecule has 20 heavy (non-hydrogen) atoms. The first-order valence-electron chi connectivity index (χ1n) is 5.75. The number of benzene rings is 1. The fraction of sp³-hybridized carbons (Fsp3) is 0.385. The summed E-state index contributed by atoms with van der Waals surface area (Å²) in [6, 6.07) is 2.84. The third kappa shape index (κ3) is 4.03. The first-order valence-corrected chi connectivity index (χ1v) is 6.13. The lowest BCUT2D eigenvalue weighted by Gasteiger charge is -2.21. The molecule has 0 aliphatic heterocycles. The van der Waals surface area contributed by atoms with Crippen LogP contribution in [0.5, 0.6) is 5.75 Å². The number of ether oxygens (including phenoxy) is 2. The molecule has 0 aromatic heterocycles. The van der Waals surface area contributed by atoms with Crippen molar-refractivity contribution in [3.63, 3.8) is 0 Å². The molecule has 0 spiro atoms. The van der Waals surface area contributed by atoms with Crippen molar-refractivity contribution in [1.82, 2.24) is 0 Å². The van der Waals surface area contributed by atoms with Crippen LogP contribution in [0.4, 0.5) is 10.5 Å². The molecule has 0 aliphatic rings. The first-order chi connectivity index (χ1) is 9.15. The summed E-state index contributed by atoms with van der Waals surface area (Å²) >= 11 is 5.84. The van der Waals surface area contributed by atoms with Crippen LogP contribution < -0.4 is 10.1 Å². The van der Waals surface area contributed by atoms with E-state index in [4.69, 9.17) is 21.1 Å². The molecule has 0 unspecified atom stereocenters. The number of anilines is 1. The molecule has 0 fully saturated rings. The number of carboxylic acid groups (broad SMARTS) is 1. The molecule has 110 valence electrons. The van der Waals surface area contributed by atoms with Gasteiger partial charge < -0.3 is 14.6 Å². The molecular weight excluding hydrogens is 286 g/mol. The number of aromatic carboxylic acids is 1. The molecule has 6 nitrogen and oxygen atoms in total. The summed E-state index contributed by atoms with van der Waals surface area (Å²) in [6.07, 6.45) is -0.791. The lowest BCUT2D eigenvalue weighted by atomic mass is 10.1. The van der Waals surface area contributed by atoms with E-state index >= 15 is 0 Å². The van der Waals surface area contributed by atoms with Crippen LogP contribution in [0.1, 0.15) is 31.1 Å². The normalized spacial score (nSPS) is 10.8.